The van der Waals surface area contributed by atoms with Crippen molar-refractivity contribution in [3.05, 3.63) is 62.0 Å². The molecule has 0 spiro atoms. The second kappa shape index (κ2) is 6.75. The van der Waals surface area contributed by atoms with E-state index >= 15 is 0 Å². The summed E-state index contributed by atoms with van der Waals surface area (Å²) in [7, 11) is 0. The highest BCUT2D eigenvalue weighted by Crippen LogP contribution is 2.29. The molecule has 1 atom stereocenters. The molecule has 0 aromatic heterocycles. The summed E-state index contributed by atoms with van der Waals surface area (Å²) in [4.78, 5) is 12.6. The van der Waals surface area contributed by atoms with Crippen molar-refractivity contribution in [2.75, 3.05) is 0 Å². The Labute approximate surface area is 141 Å². The minimum Gasteiger partial charge on any atom is -0.481 e. The van der Waals surface area contributed by atoms with Crippen molar-refractivity contribution in [3.63, 3.8) is 0 Å². The van der Waals surface area contributed by atoms with Gasteiger partial charge in [0.2, 0.25) is 5.78 Å². The molecule has 21 heavy (non-hydrogen) atoms. The Morgan fingerprint density at radius 2 is 1.81 bits per heavy atom. The fourth-order valence-electron chi connectivity index (χ4n) is 2.04. The van der Waals surface area contributed by atoms with Gasteiger partial charge in [0.05, 0.1) is 4.47 Å². The van der Waals surface area contributed by atoms with E-state index in [2.05, 4.69) is 31.9 Å². The number of hydrogen-bond acceptors (Lipinski definition) is 2. The molecule has 0 radical (unpaired) electrons. The minimum atomic E-state index is -0.539. The lowest BCUT2D eigenvalue weighted by atomic mass is 9.99. The topological polar surface area (TPSA) is 26.3 Å². The average Bonchev–Trinajstić information content (AvgIpc) is 2.43. The lowest BCUT2D eigenvalue weighted by Crippen LogP contribution is -2.24. The van der Waals surface area contributed by atoms with Crippen LogP contribution in [0.4, 0.5) is 0 Å². The zero-order chi connectivity index (χ0) is 15.6. The number of ether oxygens (including phenoxy) is 1. The van der Waals surface area contributed by atoms with Crippen molar-refractivity contribution < 1.29 is 9.53 Å². The number of carbonyl (C=O) groups excluding carboxylic acids is 1. The van der Waals surface area contributed by atoms with Gasteiger partial charge in [-0.1, -0.05) is 33.6 Å². The summed E-state index contributed by atoms with van der Waals surface area (Å²) in [5.41, 5.74) is 2.76. The molecular formula is C17H16Br2O2. The average molecular weight is 412 g/mol. The summed E-state index contributed by atoms with van der Waals surface area (Å²) in [5, 5.41) is 0. The van der Waals surface area contributed by atoms with Gasteiger partial charge in [0.15, 0.2) is 6.10 Å². The second-order valence-corrected chi connectivity index (χ2v) is 6.79. The molecule has 110 valence electrons. The van der Waals surface area contributed by atoms with Gasteiger partial charge in [-0.25, -0.2) is 0 Å². The summed E-state index contributed by atoms with van der Waals surface area (Å²) >= 11 is 6.83. The van der Waals surface area contributed by atoms with E-state index in [1.807, 2.05) is 50.2 Å². The van der Waals surface area contributed by atoms with Crippen LogP contribution in [0.15, 0.2) is 45.3 Å². The number of halogens is 2. The fourth-order valence-corrected chi connectivity index (χ4v) is 3.18. The van der Waals surface area contributed by atoms with Crippen molar-refractivity contribution in [2.24, 2.45) is 0 Å². The van der Waals surface area contributed by atoms with Crippen molar-refractivity contribution >= 4 is 37.6 Å². The standard InChI is InChI=1S/C17H16Br2O2/c1-10-4-5-11(2)14(8-10)17(20)12(3)21-16-7-6-13(18)9-15(16)19/h4-9,12H,1-3H3. The van der Waals surface area contributed by atoms with Gasteiger partial charge >= 0.3 is 0 Å². The maximum Gasteiger partial charge on any atom is 0.203 e. The van der Waals surface area contributed by atoms with E-state index in [-0.39, 0.29) is 5.78 Å². The highest BCUT2D eigenvalue weighted by molar-refractivity contribution is 9.11. The molecule has 0 amide bonds. The Kier molecular flexibility index (Phi) is 5.22. The maximum absolute atomic E-state index is 12.6. The van der Waals surface area contributed by atoms with Crippen LogP contribution in [0, 0.1) is 13.8 Å². The van der Waals surface area contributed by atoms with Gasteiger partial charge in [-0.15, -0.1) is 0 Å². The highest BCUT2D eigenvalue weighted by Gasteiger charge is 2.19. The Morgan fingerprint density at radius 1 is 1.10 bits per heavy atom. The first kappa shape index (κ1) is 16.2. The molecule has 0 saturated heterocycles. The first-order valence-electron chi connectivity index (χ1n) is 6.61. The van der Waals surface area contributed by atoms with E-state index in [1.165, 1.54) is 0 Å². The largest absolute Gasteiger partial charge is 0.481 e. The number of Topliss-reactive ketones (excluding diaryl/α,β-unsaturated/α-hetero) is 1. The third-order valence-corrected chi connectivity index (χ3v) is 4.34. The van der Waals surface area contributed by atoms with Gasteiger partial charge in [-0.2, -0.15) is 0 Å². The molecule has 0 aliphatic carbocycles. The zero-order valence-electron chi connectivity index (χ0n) is 12.1. The van der Waals surface area contributed by atoms with Gasteiger partial charge < -0.3 is 4.74 Å². The van der Waals surface area contributed by atoms with E-state index < -0.39 is 6.10 Å². The quantitative estimate of drug-likeness (QED) is 0.622. The van der Waals surface area contributed by atoms with Gasteiger partial charge in [0.25, 0.3) is 0 Å². The van der Waals surface area contributed by atoms with Crippen molar-refractivity contribution in [3.8, 4) is 5.75 Å². The predicted molar refractivity (Wildman–Crippen MR) is 92.2 cm³/mol. The van der Waals surface area contributed by atoms with Crippen molar-refractivity contribution in [2.45, 2.75) is 26.9 Å². The second-order valence-electron chi connectivity index (χ2n) is 5.02. The van der Waals surface area contributed by atoms with Crippen LogP contribution in [-0.4, -0.2) is 11.9 Å². The van der Waals surface area contributed by atoms with Gasteiger partial charge in [0, 0.05) is 10.0 Å². The van der Waals surface area contributed by atoms with Gasteiger partial charge in [-0.3, -0.25) is 4.79 Å². The van der Waals surface area contributed by atoms with E-state index in [0.29, 0.717) is 5.75 Å². The van der Waals surface area contributed by atoms with E-state index in [9.17, 15) is 4.79 Å². The number of carbonyl (C=O) groups is 1. The molecule has 0 aliphatic rings. The fraction of sp³-hybridized carbons (Fsp3) is 0.235. The first-order chi connectivity index (χ1) is 9.88. The molecule has 0 N–H and O–H groups in total. The highest BCUT2D eigenvalue weighted by atomic mass is 79.9. The summed E-state index contributed by atoms with van der Waals surface area (Å²) in [6.45, 7) is 5.70. The molecule has 0 aliphatic heterocycles. The number of rotatable bonds is 4. The third kappa shape index (κ3) is 3.95. The molecular weight excluding hydrogens is 396 g/mol. The number of hydrogen-bond donors (Lipinski definition) is 0. The van der Waals surface area contributed by atoms with Crippen LogP contribution in [0.2, 0.25) is 0 Å². The molecule has 4 heteroatoms. The molecule has 2 aromatic rings. The molecule has 1 unspecified atom stereocenters. The smallest absolute Gasteiger partial charge is 0.203 e. The van der Waals surface area contributed by atoms with Crippen LogP contribution in [-0.2, 0) is 0 Å². The Bertz CT molecular complexity index is 680. The van der Waals surface area contributed by atoms with Crippen LogP contribution in [0.25, 0.3) is 0 Å². The minimum absolute atomic E-state index is 0.00832. The summed E-state index contributed by atoms with van der Waals surface area (Å²) < 4.78 is 7.56. The van der Waals surface area contributed by atoms with Crippen molar-refractivity contribution in [1.82, 2.24) is 0 Å². The molecule has 0 saturated carbocycles. The Balaban J connectivity index is 2.21. The molecule has 0 bridgehead atoms. The van der Waals surface area contributed by atoms with E-state index in [4.69, 9.17) is 4.74 Å². The third-order valence-electron chi connectivity index (χ3n) is 3.23. The van der Waals surface area contributed by atoms with Crippen LogP contribution in [0.5, 0.6) is 5.75 Å². The molecule has 0 heterocycles. The Morgan fingerprint density at radius 3 is 2.48 bits per heavy atom. The SMILES string of the molecule is Cc1ccc(C)c(C(=O)C(C)Oc2ccc(Br)cc2Br)c1. The molecule has 2 aromatic carbocycles. The number of ketones is 1. The van der Waals surface area contributed by atoms with E-state index in [0.717, 1.165) is 25.6 Å². The molecule has 2 rings (SSSR count). The molecule has 0 fully saturated rings. The van der Waals surface area contributed by atoms with E-state index in [1.54, 1.807) is 6.92 Å². The normalized spacial score (nSPS) is 12.0. The lowest BCUT2D eigenvalue weighted by molar-refractivity contribution is 0.0816. The molecule has 2 nitrogen and oxygen atoms in total. The van der Waals surface area contributed by atoms with Crippen LogP contribution in [0.1, 0.15) is 28.4 Å². The monoisotopic (exact) mass is 410 g/mol. The van der Waals surface area contributed by atoms with Crippen LogP contribution < -0.4 is 4.74 Å². The zero-order valence-corrected chi connectivity index (χ0v) is 15.3. The predicted octanol–water partition coefficient (Wildman–Crippen LogP) is 5.48. The van der Waals surface area contributed by atoms with Gasteiger partial charge in [0.1, 0.15) is 5.75 Å². The van der Waals surface area contributed by atoms with Gasteiger partial charge in [-0.05, 0) is 66.5 Å². The maximum atomic E-state index is 12.6. The number of benzene rings is 2. The number of aryl methyl sites for hydroxylation is 2. The summed E-state index contributed by atoms with van der Waals surface area (Å²) in [6.07, 6.45) is -0.539. The summed E-state index contributed by atoms with van der Waals surface area (Å²) in [5.74, 6) is 0.648. The Hall–Kier alpha value is -1.13. The van der Waals surface area contributed by atoms with Crippen LogP contribution in [0.3, 0.4) is 0 Å². The first-order valence-corrected chi connectivity index (χ1v) is 8.20. The summed E-state index contributed by atoms with van der Waals surface area (Å²) in [6, 6.07) is 11.5. The van der Waals surface area contributed by atoms with Crippen LogP contribution >= 0.6 is 31.9 Å². The van der Waals surface area contributed by atoms with Crippen molar-refractivity contribution in [1.29, 1.82) is 0 Å². The lowest BCUT2D eigenvalue weighted by Gasteiger charge is -2.16.